The Labute approximate surface area is 102 Å². The van der Waals surface area contributed by atoms with Gasteiger partial charge >= 0.3 is 0 Å². The Morgan fingerprint density at radius 2 is 2.12 bits per heavy atom. The highest BCUT2D eigenvalue weighted by atomic mass is 16.5. The molecule has 3 heteroatoms. The SMILES string of the molecule is CCOc1cc(C=O)ccc1OCCC1CC1. The lowest BCUT2D eigenvalue weighted by atomic mass is 10.2. The van der Waals surface area contributed by atoms with Crippen molar-refractivity contribution in [3.8, 4) is 11.5 Å². The van der Waals surface area contributed by atoms with Gasteiger partial charge in [-0.25, -0.2) is 0 Å². The Hall–Kier alpha value is -1.51. The number of ether oxygens (including phenoxy) is 2. The summed E-state index contributed by atoms with van der Waals surface area (Å²) in [5, 5.41) is 0. The molecule has 0 amide bonds. The molecule has 0 N–H and O–H groups in total. The average Bonchev–Trinajstić information content (AvgIpc) is 3.15. The molecule has 2 rings (SSSR count). The Kier molecular flexibility index (Phi) is 4.02. The molecule has 0 aliphatic heterocycles. The van der Waals surface area contributed by atoms with Crippen LogP contribution in [0.4, 0.5) is 0 Å². The van der Waals surface area contributed by atoms with E-state index in [1.807, 2.05) is 13.0 Å². The van der Waals surface area contributed by atoms with E-state index < -0.39 is 0 Å². The van der Waals surface area contributed by atoms with E-state index in [-0.39, 0.29) is 0 Å². The molecule has 0 atom stereocenters. The predicted molar refractivity (Wildman–Crippen MR) is 65.8 cm³/mol. The number of rotatable bonds is 7. The molecule has 0 spiro atoms. The van der Waals surface area contributed by atoms with Gasteiger partial charge in [-0.05, 0) is 37.5 Å². The maximum Gasteiger partial charge on any atom is 0.161 e. The molecule has 0 saturated heterocycles. The highest BCUT2D eigenvalue weighted by molar-refractivity contribution is 5.76. The van der Waals surface area contributed by atoms with Gasteiger partial charge in [0.2, 0.25) is 0 Å². The highest BCUT2D eigenvalue weighted by Crippen LogP contribution is 2.33. The van der Waals surface area contributed by atoms with Gasteiger partial charge in [0, 0.05) is 5.56 Å². The number of carbonyl (C=O) groups excluding carboxylic acids is 1. The minimum Gasteiger partial charge on any atom is -0.490 e. The van der Waals surface area contributed by atoms with E-state index >= 15 is 0 Å². The van der Waals surface area contributed by atoms with Crippen molar-refractivity contribution >= 4 is 6.29 Å². The fourth-order valence-electron chi connectivity index (χ4n) is 1.73. The van der Waals surface area contributed by atoms with Crippen LogP contribution in [0.15, 0.2) is 18.2 Å². The molecule has 1 aromatic rings. The van der Waals surface area contributed by atoms with Gasteiger partial charge < -0.3 is 9.47 Å². The van der Waals surface area contributed by atoms with E-state index in [2.05, 4.69) is 0 Å². The lowest BCUT2D eigenvalue weighted by molar-refractivity contribution is 0.112. The first-order chi connectivity index (χ1) is 8.33. The second-order valence-corrected chi connectivity index (χ2v) is 4.34. The summed E-state index contributed by atoms with van der Waals surface area (Å²) in [6, 6.07) is 5.28. The Morgan fingerprint density at radius 3 is 2.76 bits per heavy atom. The summed E-state index contributed by atoms with van der Waals surface area (Å²) in [7, 11) is 0. The molecule has 0 aromatic heterocycles. The first kappa shape index (κ1) is 12.0. The Bertz CT molecular complexity index is 383. The summed E-state index contributed by atoms with van der Waals surface area (Å²) in [5.41, 5.74) is 0.614. The molecule has 17 heavy (non-hydrogen) atoms. The lowest BCUT2D eigenvalue weighted by Gasteiger charge is -2.12. The third-order valence-electron chi connectivity index (χ3n) is 2.88. The second kappa shape index (κ2) is 5.71. The first-order valence-corrected chi connectivity index (χ1v) is 6.18. The maximum atomic E-state index is 10.7. The van der Waals surface area contributed by atoms with Gasteiger partial charge in [-0.15, -0.1) is 0 Å². The van der Waals surface area contributed by atoms with Crippen LogP contribution in [0.3, 0.4) is 0 Å². The third kappa shape index (κ3) is 3.48. The molecular formula is C14H18O3. The van der Waals surface area contributed by atoms with E-state index in [0.717, 1.165) is 31.0 Å². The van der Waals surface area contributed by atoms with E-state index in [0.29, 0.717) is 17.9 Å². The molecule has 1 saturated carbocycles. The number of hydrogen-bond donors (Lipinski definition) is 0. The minimum atomic E-state index is 0.571. The molecule has 92 valence electrons. The van der Waals surface area contributed by atoms with Crippen LogP contribution in [0.25, 0.3) is 0 Å². The molecule has 0 unspecified atom stereocenters. The zero-order chi connectivity index (χ0) is 12.1. The van der Waals surface area contributed by atoms with Crippen molar-refractivity contribution in [2.75, 3.05) is 13.2 Å². The summed E-state index contributed by atoms with van der Waals surface area (Å²) >= 11 is 0. The van der Waals surface area contributed by atoms with Gasteiger partial charge in [-0.1, -0.05) is 12.8 Å². The van der Waals surface area contributed by atoms with E-state index in [4.69, 9.17) is 9.47 Å². The van der Waals surface area contributed by atoms with Crippen LogP contribution < -0.4 is 9.47 Å². The number of hydrogen-bond acceptors (Lipinski definition) is 3. The van der Waals surface area contributed by atoms with Crippen LogP contribution in [-0.4, -0.2) is 19.5 Å². The standard InChI is InChI=1S/C14H18O3/c1-2-16-14-9-12(10-15)5-6-13(14)17-8-7-11-3-4-11/h5-6,9-11H,2-4,7-8H2,1H3. The van der Waals surface area contributed by atoms with Gasteiger partial charge in [-0.3, -0.25) is 4.79 Å². The number of aldehydes is 1. The van der Waals surface area contributed by atoms with Crippen LogP contribution in [0, 0.1) is 5.92 Å². The topological polar surface area (TPSA) is 35.5 Å². The highest BCUT2D eigenvalue weighted by Gasteiger charge is 2.21. The van der Waals surface area contributed by atoms with E-state index in [1.165, 1.54) is 12.8 Å². The fraction of sp³-hybridized carbons (Fsp3) is 0.500. The molecule has 0 radical (unpaired) electrons. The Balaban J connectivity index is 1.99. The van der Waals surface area contributed by atoms with Crippen molar-refractivity contribution < 1.29 is 14.3 Å². The summed E-state index contributed by atoms with van der Waals surface area (Å²) in [6.07, 6.45) is 4.61. The first-order valence-electron chi connectivity index (χ1n) is 6.18. The van der Waals surface area contributed by atoms with Crippen LogP contribution in [0.1, 0.15) is 36.5 Å². The van der Waals surface area contributed by atoms with Crippen molar-refractivity contribution in [2.45, 2.75) is 26.2 Å². The number of carbonyl (C=O) groups is 1. The van der Waals surface area contributed by atoms with Crippen LogP contribution >= 0.6 is 0 Å². The molecule has 1 aliphatic carbocycles. The fourth-order valence-corrected chi connectivity index (χ4v) is 1.73. The van der Waals surface area contributed by atoms with Gasteiger partial charge in [0.05, 0.1) is 13.2 Å². The summed E-state index contributed by atoms with van der Waals surface area (Å²) in [6.45, 7) is 3.22. The van der Waals surface area contributed by atoms with Crippen molar-refractivity contribution in [1.82, 2.24) is 0 Å². The second-order valence-electron chi connectivity index (χ2n) is 4.34. The van der Waals surface area contributed by atoms with Gasteiger partial charge in [-0.2, -0.15) is 0 Å². The summed E-state index contributed by atoms with van der Waals surface area (Å²) in [5.74, 6) is 2.26. The van der Waals surface area contributed by atoms with Crippen molar-refractivity contribution in [1.29, 1.82) is 0 Å². The molecule has 1 aromatic carbocycles. The molecule has 0 bridgehead atoms. The van der Waals surface area contributed by atoms with Gasteiger partial charge in [0.25, 0.3) is 0 Å². The summed E-state index contributed by atoms with van der Waals surface area (Å²) < 4.78 is 11.2. The molecule has 1 aliphatic rings. The van der Waals surface area contributed by atoms with E-state index in [1.54, 1.807) is 12.1 Å². The minimum absolute atomic E-state index is 0.571. The molecule has 3 nitrogen and oxygen atoms in total. The molecule has 1 fully saturated rings. The Morgan fingerprint density at radius 1 is 1.29 bits per heavy atom. The molecule has 0 heterocycles. The van der Waals surface area contributed by atoms with Gasteiger partial charge in [0.1, 0.15) is 6.29 Å². The number of benzene rings is 1. The normalized spacial score (nSPS) is 14.4. The van der Waals surface area contributed by atoms with E-state index in [9.17, 15) is 4.79 Å². The smallest absolute Gasteiger partial charge is 0.161 e. The molecular weight excluding hydrogens is 216 g/mol. The van der Waals surface area contributed by atoms with Crippen molar-refractivity contribution in [2.24, 2.45) is 5.92 Å². The third-order valence-corrected chi connectivity index (χ3v) is 2.88. The summed E-state index contributed by atoms with van der Waals surface area (Å²) in [4.78, 5) is 10.7. The average molecular weight is 234 g/mol. The van der Waals surface area contributed by atoms with Crippen molar-refractivity contribution in [3.05, 3.63) is 23.8 Å². The predicted octanol–water partition coefficient (Wildman–Crippen LogP) is 3.08. The largest absolute Gasteiger partial charge is 0.490 e. The van der Waals surface area contributed by atoms with Crippen LogP contribution in [0.5, 0.6) is 11.5 Å². The van der Waals surface area contributed by atoms with Crippen LogP contribution in [-0.2, 0) is 0 Å². The monoisotopic (exact) mass is 234 g/mol. The van der Waals surface area contributed by atoms with Crippen molar-refractivity contribution in [3.63, 3.8) is 0 Å². The van der Waals surface area contributed by atoms with Gasteiger partial charge in [0.15, 0.2) is 11.5 Å². The lowest BCUT2D eigenvalue weighted by Crippen LogP contribution is -2.02. The zero-order valence-corrected chi connectivity index (χ0v) is 10.1. The zero-order valence-electron chi connectivity index (χ0n) is 10.1. The maximum absolute atomic E-state index is 10.7. The van der Waals surface area contributed by atoms with Crippen LogP contribution in [0.2, 0.25) is 0 Å². The quantitative estimate of drug-likeness (QED) is 0.680.